The van der Waals surface area contributed by atoms with E-state index in [1.54, 1.807) is 42.5 Å². The summed E-state index contributed by atoms with van der Waals surface area (Å²) in [5, 5.41) is 21.2. The van der Waals surface area contributed by atoms with Crippen LogP contribution in [-0.4, -0.2) is 30.1 Å². The lowest BCUT2D eigenvalue weighted by atomic mass is 10.1. The van der Waals surface area contributed by atoms with Crippen LogP contribution in [-0.2, 0) is 4.79 Å². The van der Waals surface area contributed by atoms with Crippen LogP contribution in [0.3, 0.4) is 0 Å². The molecule has 0 spiro atoms. The molecule has 0 bridgehead atoms. The van der Waals surface area contributed by atoms with Crippen LogP contribution in [0.5, 0.6) is 11.5 Å². The number of anilines is 1. The first kappa shape index (κ1) is 23.8. The van der Waals surface area contributed by atoms with E-state index in [9.17, 15) is 24.8 Å². The van der Waals surface area contributed by atoms with E-state index < -0.39 is 17.8 Å². The van der Waals surface area contributed by atoms with Crippen molar-refractivity contribution in [2.24, 2.45) is 0 Å². The number of hydrogen-bond acceptors (Lipinski definition) is 6. The van der Waals surface area contributed by atoms with Crippen molar-refractivity contribution < 1.29 is 29.0 Å². The number of carboxylic acids is 1. The van der Waals surface area contributed by atoms with Crippen LogP contribution < -0.4 is 14.8 Å². The van der Waals surface area contributed by atoms with Gasteiger partial charge in [0.25, 0.3) is 5.91 Å². The summed E-state index contributed by atoms with van der Waals surface area (Å²) in [4.78, 5) is 36.5. The summed E-state index contributed by atoms with van der Waals surface area (Å²) in [6.45, 7) is 1.90. The Bertz CT molecular complexity index is 1320. The van der Waals surface area contributed by atoms with Gasteiger partial charge in [-0.25, -0.2) is 9.59 Å². The summed E-state index contributed by atoms with van der Waals surface area (Å²) in [6.07, 6.45) is 1.29. The number of para-hydroxylation sites is 1. The Morgan fingerprint density at radius 1 is 1.00 bits per heavy atom. The summed E-state index contributed by atoms with van der Waals surface area (Å²) in [5.41, 5.74) is 1.41. The molecular weight excluding hydrogens is 436 g/mol. The van der Waals surface area contributed by atoms with Crippen molar-refractivity contribution in [2.75, 3.05) is 12.4 Å². The molecule has 3 aromatic carbocycles. The van der Waals surface area contributed by atoms with E-state index in [0.29, 0.717) is 11.1 Å². The van der Waals surface area contributed by atoms with Gasteiger partial charge >= 0.3 is 11.9 Å². The fraction of sp³-hybridized carbons (Fsp3) is 0.0769. The van der Waals surface area contributed by atoms with Crippen LogP contribution in [0.25, 0.3) is 6.08 Å². The van der Waals surface area contributed by atoms with Gasteiger partial charge in [0.1, 0.15) is 11.6 Å². The number of hydrogen-bond donors (Lipinski definition) is 2. The molecule has 2 N–H and O–H groups in total. The number of nitrogens with one attached hydrogen (secondary N) is 1. The van der Waals surface area contributed by atoms with Gasteiger partial charge in [0, 0.05) is 0 Å². The number of ether oxygens (including phenoxy) is 2. The molecule has 0 aliphatic carbocycles. The SMILES string of the molecule is COc1ccc(/C=C(\C#N)C(=O)Nc2ccccc2C(=O)O)cc1OC(=O)c1ccc(C)cc1. The first-order valence-electron chi connectivity index (χ1n) is 10.0. The summed E-state index contributed by atoms with van der Waals surface area (Å²) in [7, 11) is 1.42. The van der Waals surface area contributed by atoms with E-state index in [0.717, 1.165) is 5.56 Å². The van der Waals surface area contributed by atoms with E-state index >= 15 is 0 Å². The number of methoxy groups -OCH3 is 1. The number of carbonyl (C=O) groups excluding carboxylic acids is 2. The van der Waals surface area contributed by atoms with Gasteiger partial charge < -0.3 is 19.9 Å². The Balaban J connectivity index is 1.87. The highest BCUT2D eigenvalue weighted by Gasteiger charge is 2.16. The van der Waals surface area contributed by atoms with E-state index in [-0.39, 0.29) is 28.3 Å². The van der Waals surface area contributed by atoms with Crippen LogP contribution >= 0.6 is 0 Å². The van der Waals surface area contributed by atoms with E-state index in [1.807, 2.05) is 6.92 Å². The highest BCUT2D eigenvalue weighted by molar-refractivity contribution is 6.11. The largest absolute Gasteiger partial charge is 0.493 e. The van der Waals surface area contributed by atoms with Gasteiger partial charge in [-0.15, -0.1) is 0 Å². The molecule has 0 fully saturated rings. The Hall–Kier alpha value is -4.90. The quantitative estimate of drug-likeness (QED) is 0.233. The average Bonchev–Trinajstić information content (AvgIpc) is 2.83. The molecule has 3 rings (SSSR count). The topological polar surface area (TPSA) is 126 Å². The third-order valence-corrected chi connectivity index (χ3v) is 4.76. The number of carbonyl (C=O) groups is 3. The second kappa shape index (κ2) is 10.6. The maximum Gasteiger partial charge on any atom is 0.343 e. The fourth-order valence-corrected chi connectivity index (χ4v) is 2.99. The summed E-state index contributed by atoms with van der Waals surface area (Å²) < 4.78 is 10.7. The molecular formula is C26H20N2O6. The highest BCUT2D eigenvalue weighted by atomic mass is 16.6. The van der Waals surface area contributed by atoms with E-state index in [2.05, 4.69) is 5.32 Å². The van der Waals surface area contributed by atoms with Crippen molar-refractivity contribution in [2.45, 2.75) is 6.92 Å². The van der Waals surface area contributed by atoms with Gasteiger partial charge in [0.15, 0.2) is 11.5 Å². The molecule has 0 aromatic heterocycles. The zero-order chi connectivity index (χ0) is 24.7. The second-order valence-corrected chi connectivity index (χ2v) is 7.14. The maximum atomic E-state index is 12.6. The Labute approximate surface area is 195 Å². The number of rotatable bonds is 7. The molecule has 0 aliphatic rings. The molecule has 8 heteroatoms. The zero-order valence-electron chi connectivity index (χ0n) is 18.4. The molecule has 0 aliphatic heterocycles. The monoisotopic (exact) mass is 456 g/mol. The molecule has 34 heavy (non-hydrogen) atoms. The highest BCUT2D eigenvalue weighted by Crippen LogP contribution is 2.30. The van der Waals surface area contributed by atoms with Crippen molar-refractivity contribution in [1.82, 2.24) is 0 Å². The van der Waals surface area contributed by atoms with Gasteiger partial charge in [-0.3, -0.25) is 4.79 Å². The summed E-state index contributed by atoms with van der Waals surface area (Å²) in [5.74, 6) is -2.20. The van der Waals surface area contributed by atoms with Crippen molar-refractivity contribution in [3.05, 3.63) is 94.6 Å². The zero-order valence-corrected chi connectivity index (χ0v) is 18.4. The van der Waals surface area contributed by atoms with Crippen LogP contribution in [0.2, 0.25) is 0 Å². The summed E-state index contributed by atoms with van der Waals surface area (Å²) >= 11 is 0. The maximum absolute atomic E-state index is 12.6. The second-order valence-electron chi connectivity index (χ2n) is 7.14. The fourth-order valence-electron chi connectivity index (χ4n) is 2.99. The number of esters is 1. The first-order chi connectivity index (χ1) is 16.3. The third-order valence-electron chi connectivity index (χ3n) is 4.76. The van der Waals surface area contributed by atoms with Crippen molar-refractivity contribution in [1.29, 1.82) is 5.26 Å². The number of carboxylic acid groups (broad SMARTS) is 1. The molecule has 0 saturated heterocycles. The lowest BCUT2D eigenvalue weighted by Gasteiger charge is -2.11. The van der Waals surface area contributed by atoms with E-state index in [4.69, 9.17) is 9.47 Å². The van der Waals surface area contributed by atoms with Crippen LogP contribution in [0.4, 0.5) is 5.69 Å². The van der Waals surface area contributed by atoms with E-state index in [1.165, 1.54) is 43.5 Å². The standard InChI is InChI=1S/C26H20N2O6/c1-16-7-10-18(11-8-16)26(32)34-23-14-17(9-12-22(23)33-2)13-19(15-27)24(29)28-21-6-4-3-5-20(21)25(30)31/h3-14H,1-2H3,(H,28,29)(H,30,31)/b19-13+. The molecule has 0 atom stereocenters. The third kappa shape index (κ3) is 5.66. The van der Waals surface area contributed by atoms with Gasteiger partial charge in [-0.2, -0.15) is 5.26 Å². The number of benzene rings is 3. The Morgan fingerprint density at radius 3 is 2.35 bits per heavy atom. The van der Waals surface area contributed by atoms with Crippen molar-refractivity contribution >= 4 is 29.6 Å². The molecule has 8 nitrogen and oxygen atoms in total. The number of aryl methyl sites for hydroxylation is 1. The van der Waals surface area contributed by atoms with Gasteiger partial charge in [-0.05, 0) is 55.0 Å². The molecule has 0 radical (unpaired) electrons. The van der Waals surface area contributed by atoms with Gasteiger partial charge in [0.2, 0.25) is 0 Å². The van der Waals surface area contributed by atoms with Gasteiger partial charge in [0.05, 0.1) is 23.9 Å². The number of aromatic carboxylic acids is 1. The smallest absolute Gasteiger partial charge is 0.343 e. The molecule has 0 saturated carbocycles. The Kier molecular flexibility index (Phi) is 7.41. The number of amides is 1. The predicted molar refractivity (Wildman–Crippen MR) is 125 cm³/mol. The Morgan fingerprint density at radius 2 is 1.71 bits per heavy atom. The van der Waals surface area contributed by atoms with Crippen LogP contribution in [0.1, 0.15) is 31.8 Å². The minimum atomic E-state index is -1.21. The lowest BCUT2D eigenvalue weighted by Crippen LogP contribution is -2.16. The number of nitriles is 1. The minimum Gasteiger partial charge on any atom is -0.493 e. The van der Waals surface area contributed by atoms with Crippen molar-refractivity contribution in [3.63, 3.8) is 0 Å². The number of nitrogens with zero attached hydrogens (tertiary/aromatic N) is 1. The molecule has 1 amide bonds. The molecule has 170 valence electrons. The molecule has 3 aromatic rings. The van der Waals surface area contributed by atoms with Crippen molar-refractivity contribution in [3.8, 4) is 17.6 Å². The molecule has 0 unspecified atom stereocenters. The predicted octanol–water partition coefficient (Wildman–Crippen LogP) is 4.47. The first-order valence-corrected chi connectivity index (χ1v) is 10.0. The normalized spacial score (nSPS) is 10.7. The van der Waals surface area contributed by atoms with Crippen LogP contribution in [0, 0.1) is 18.3 Å². The minimum absolute atomic E-state index is 0.0589. The van der Waals surface area contributed by atoms with Crippen LogP contribution in [0.15, 0.2) is 72.3 Å². The summed E-state index contributed by atoms with van der Waals surface area (Å²) in [6, 6.07) is 19.1. The average molecular weight is 456 g/mol. The molecule has 0 heterocycles. The lowest BCUT2D eigenvalue weighted by molar-refractivity contribution is -0.112. The van der Waals surface area contributed by atoms with Gasteiger partial charge in [-0.1, -0.05) is 35.9 Å².